The minimum absolute atomic E-state index is 0.0135. The Morgan fingerprint density at radius 3 is 2.63 bits per heavy atom. The van der Waals surface area contributed by atoms with Gasteiger partial charge in [-0.25, -0.2) is 9.78 Å². The van der Waals surface area contributed by atoms with Crippen molar-refractivity contribution in [1.29, 1.82) is 0 Å². The molecule has 0 bridgehead atoms. The van der Waals surface area contributed by atoms with Crippen molar-refractivity contribution in [2.45, 2.75) is 13.8 Å². The third-order valence-corrected chi connectivity index (χ3v) is 6.16. The Morgan fingerprint density at radius 1 is 1.10 bits per heavy atom. The summed E-state index contributed by atoms with van der Waals surface area (Å²) in [5.41, 5.74) is 2.95. The number of carbonyl (C=O) groups is 1. The van der Waals surface area contributed by atoms with Crippen LogP contribution in [0.1, 0.15) is 21.5 Å². The molecule has 0 N–H and O–H groups in total. The molecule has 0 atom stereocenters. The molecule has 0 saturated heterocycles. The van der Waals surface area contributed by atoms with Crippen molar-refractivity contribution in [1.82, 2.24) is 9.88 Å². The van der Waals surface area contributed by atoms with Crippen LogP contribution in [0.4, 0.5) is 5.13 Å². The molecule has 4 aromatic rings. The van der Waals surface area contributed by atoms with Crippen LogP contribution in [0.25, 0.3) is 21.2 Å². The first-order valence-electron chi connectivity index (χ1n) is 9.71. The monoisotopic (exact) mass is 421 g/mol. The lowest BCUT2D eigenvalue weighted by atomic mass is 10.1. The van der Waals surface area contributed by atoms with Crippen LogP contribution < -0.4 is 10.5 Å². The zero-order valence-corrected chi connectivity index (χ0v) is 18.2. The van der Waals surface area contributed by atoms with E-state index in [0.717, 1.165) is 21.3 Å². The van der Waals surface area contributed by atoms with Gasteiger partial charge in [0.05, 0.1) is 10.2 Å². The number of benzene rings is 2. The second-order valence-electron chi connectivity index (χ2n) is 7.67. The first kappa shape index (κ1) is 20.3. The number of rotatable bonds is 5. The fraction of sp³-hybridized carbons (Fsp3) is 0.261. The SMILES string of the molecule is Cc1cc(C)c2sc(N(CCN(C)C)C(=O)c3cc4ccccc4oc3=O)nc2c1. The van der Waals surface area contributed by atoms with Crippen molar-refractivity contribution >= 4 is 43.6 Å². The Hall–Kier alpha value is -3.03. The number of fused-ring (bicyclic) bond motifs is 2. The zero-order chi connectivity index (χ0) is 21.4. The van der Waals surface area contributed by atoms with E-state index in [1.807, 2.05) is 51.0 Å². The fourth-order valence-corrected chi connectivity index (χ4v) is 4.46. The number of aromatic nitrogens is 1. The van der Waals surface area contributed by atoms with E-state index in [1.165, 1.54) is 11.3 Å². The summed E-state index contributed by atoms with van der Waals surface area (Å²) >= 11 is 1.47. The molecule has 0 aliphatic heterocycles. The van der Waals surface area contributed by atoms with Crippen LogP contribution in [-0.4, -0.2) is 43.0 Å². The largest absolute Gasteiger partial charge is 0.422 e. The molecule has 0 aliphatic rings. The number of anilines is 1. The maximum Gasteiger partial charge on any atom is 0.349 e. The lowest BCUT2D eigenvalue weighted by Crippen LogP contribution is -2.38. The molecule has 0 saturated carbocycles. The molecule has 1 amide bonds. The summed E-state index contributed by atoms with van der Waals surface area (Å²) in [5.74, 6) is -0.398. The van der Waals surface area contributed by atoms with E-state index in [2.05, 4.69) is 6.07 Å². The Morgan fingerprint density at radius 2 is 1.87 bits per heavy atom. The van der Waals surface area contributed by atoms with Crippen molar-refractivity contribution in [2.24, 2.45) is 0 Å². The van der Waals surface area contributed by atoms with E-state index < -0.39 is 11.5 Å². The van der Waals surface area contributed by atoms with Gasteiger partial charge in [-0.15, -0.1) is 0 Å². The number of aryl methyl sites for hydroxylation is 2. The van der Waals surface area contributed by atoms with Crippen molar-refractivity contribution in [3.8, 4) is 0 Å². The fourth-order valence-electron chi connectivity index (χ4n) is 3.42. The molecular weight excluding hydrogens is 398 g/mol. The third kappa shape index (κ3) is 3.86. The number of para-hydroxylation sites is 1. The van der Waals surface area contributed by atoms with E-state index in [4.69, 9.17) is 9.40 Å². The van der Waals surface area contributed by atoms with Crippen molar-refractivity contribution in [3.05, 3.63) is 69.6 Å². The quantitative estimate of drug-likeness (QED) is 0.451. The van der Waals surface area contributed by atoms with Gasteiger partial charge in [0.1, 0.15) is 11.1 Å². The molecule has 2 aromatic carbocycles. The minimum Gasteiger partial charge on any atom is -0.422 e. The van der Waals surface area contributed by atoms with Gasteiger partial charge in [-0.3, -0.25) is 9.69 Å². The molecule has 0 fully saturated rings. The van der Waals surface area contributed by atoms with Gasteiger partial charge in [-0.1, -0.05) is 35.6 Å². The van der Waals surface area contributed by atoms with Crippen molar-refractivity contribution in [3.63, 3.8) is 0 Å². The van der Waals surface area contributed by atoms with Gasteiger partial charge in [0.25, 0.3) is 5.91 Å². The molecule has 30 heavy (non-hydrogen) atoms. The van der Waals surface area contributed by atoms with Crippen molar-refractivity contribution in [2.75, 3.05) is 32.1 Å². The van der Waals surface area contributed by atoms with Crippen molar-refractivity contribution < 1.29 is 9.21 Å². The molecule has 0 spiro atoms. The number of amides is 1. The Kier molecular flexibility index (Phi) is 5.40. The predicted molar refractivity (Wildman–Crippen MR) is 122 cm³/mol. The number of thiazole rings is 1. The Labute approximate surface area is 178 Å². The molecule has 0 aliphatic carbocycles. The highest BCUT2D eigenvalue weighted by molar-refractivity contribution is 7.22. The van der Waals surface area contributed by atoms with Gasteiger partial charge in [-0.05, 0) is 57.3 Å². The molecule has 0 unspecified atom stereocenters. The van der Waals surface area contributed by atoms with Gasteiger partial charge in [-0.2, -0.15) is 0 Å². The second-order valence-corrected chi connectivity index (χ2v) is 8.65. The smallest absolute Gasteiger partial charge is 0.349 e. The van der Waals surface area contributed by atoms with Crippen LogP contribution in [0.5, 0.6) is 0 Å². The van der Waals surface area contributed by atoms with E-state index in [0.29, 0.717) is 29.2 Å². The first-order chi connectivity index (χ1) is 14.3. The number of hydrogen-bond donors (Lipinski definition) is 0. The molecular formula is C23H23N3O3S. The average molecular weight is 422 g/mol. The van der Waals surface area contributed by atoms with E-state index >= 15 is 0 Å². The number of hydrogen-bond acceptors (Lipinski definition) is 6. The highest BCUT2D eigenvalue weighted by atomic mass is 32.1. The molecule has 2 heterocycles. The highest BCUT2D eigenvalue weighted by Crippen LogP contribution is 2.32. The number of likely N-dealkylation sites (N-methyl/N-ethyl adjacent to an activating group) is 1. The standard InChI is InChI=1S/C23H23N3O3S/c1-14-11-15(2)20-18(12-14)24-23(30-20)26(10-9-25(3)4)21(27)17-13-16-7-5-6-8-19(16)29-22(17)28/h5-8,11-13H,9-10H2,1-4H3. The summed E-state index contributed by atoms with van der Waals surface area (Å²) in [7, 11) is 3.89. The van der Waals surface area contributed by atoms with E-state index in [-0.39, 0.29) is 5.56 Å². The summed E-state index contributed by atoms with van der Waals surface area (Å²) < 4.78 is 6.43. The van der Waals surface area contributed by atoms with Crippen LogP contribution >= 0.6 is 11.3 Å². The maximum atomic E-state index is 13.5. The molecule has 2 aromatic heterocycles. The van der Waals surface area contributed by atoms with Crippen LogP contribution in [-0.2, 0) is 0 Å². The van der Waals surface area contributed by atoms with Gasteiger partial charge in [0.2, 0.25) is 0 Å². The molecule has 154 valence electrons. The first-order valence-corrected chi connectivity index (χ1v) is 10.5. The number of nitrogens with zero attached hydrogens (tertiary/aromatic N) is 3. The molecule has 7 heteroatoms. The Bertz CT molecular complexity index is 1310. The van der Waals surface area contributed by atoms with Gasteiger partial charge < -0.3 is 9.32 Å². The van der Waals surface area contributed by atoms with E-state index in [9.17, 15) is 9.59 Å². The summed E-state index contributed by atoms with van der Waals surface area (Å²) in [4.78, 5) is 34.3. The topological polar surface area (TPSA) is 66.7 Å². The summed E-state index contributed by atoms with van der Waals surface area (Å²) in [6.07, 6.45) is 0. The average Bonchev–Trinajstić information content (AvgIpc) is 3.11. The van der Waals surface area contributed by atoms with Crippen LogP contribution in [0.15, 0.2) is 51.7 Å². The molecule has 0 radical (unpaired) electrons. The minimum atomic E-state index is -0.637. The summed E-state index contributed by atoms with van der Waals surface area (Å²) in [5, 5.41) is 1.29. The van der Waals surface area contributed by atoms with Crippen LogP contribution in [0.3, 0.4) is 0 Å². The maximum absolute atomic E-state index is 13.5. The van der Waals surface area contributed by atoms with Crippen LogP contribution in [0, 0.1) is 13.8 Å². The molecule has 6 nitrogen and oxygen atoms in total. The zero-order valence-electron chi connectivity index (χ0n) is 17.4. The highest BCUT2D eigenvalue weighted by Gasteiger charge is 2.25. The lowest BCUT2D eigenvalue weighted by molar-refractivity contribution is 0.0982. The summed E-state index contributed by atoms with van der Waals surface area (Å²) in [6.45, 7) is 5.12. The van der Waals surface area contributed by atoms with Gasteiger partial charge in [0, 0.05) is 18.5 Å². The van der Waals surface area contributed by atoms with E-state index in [1.54, 1.807) is 23.1 Å². The Balaban J connectivity index is 1.81. The summed E-state index contributed by atoms with van der Waals surface area (Å²) in [6, 6.07) is 12.9. The predicted octanol–water partition coefficient (Wildman–Crippen LogP) is 4.23. The van der Waals surface area contributed by atoms with Crippen LogP contribution in [0.2, 0.25) is 0 Å². The van der Waals surface area contributed by atoms with Gasteiger partial charge in [0.15, 0.2) is 5.13 Å². The van der Waals surface area contributed by atoms with Gasteiger partial charge >= 0.3 is 5.63 Å². The third-order valence-electron chi connectivity index (χ3n) is 4.93. The number of carbonyl (C=O) groups excluding carboxylic acids is 1. The lowest BCUT2D eigenvalue weighted by Gasteiger charge is -2.21. The molecule has 4 rings (SSSR count). The normalized spacial score (nSPS) is 11.5. The second kappa shape index (κ2) is 8.01.